The molecule has 1 aliphatic heterocycles. The zero-order valence-electron chi connectivity index (χ0n) is 31.2. The van der Waals surface area contributed by atoms with Gasteiger partial charge in [-0.3, -0.25) is 19.2 Å². The Hall–Kier alpha value is -2.70. The number of sulfone groups is 1. The van der Waals surface area contributed by atoms with Crippen LogP contribution < -0.4 is 21.3 Å². The Morgan fingerprint density at radius 1 is 0.918 bits per heavy atom. The summed E-state index contributed by atoms with van der Waals surface area (Å²) in [5.41, 5.74) is -1.90. The molecule has 4 rings (SSSR count). The molecule has 0 bridgehead atoms. The molecular formula is C36H61N5O7S. The molecule has 4 fully saturated rings. The number of nitrogens with zero attached hydrogens (tertiary/aromatic N) is 1. The molecule has 4 aliphatic rings. The molecule has 0 spiro atoms. The summed E-state index contributed by atoms with van der Waals surface area (Å²) in [6.07, 6.45) is 6.97. The Kier molecular flexibility index (Phi) is 11.3. The fraction of sp³-hybridized carbons (Fsp3) is 0.861. The van der Waals surface area contributed by atoms with Crippen LogP contribution in [0.5, 0.6) is 0 Å². The summed E-state index contributed by atoms with van der Waals surface area (Å²) in [6, 6.07) is -3.50. The number of unbranched alkanes of at least 4 members (excludes halogenated alkanes) is 1. The normalized spacial score (nSPS) is 25.7. The van der Waals surface area contributed by atoms with Gasteiger partial charge in [-0.2, -0.15) is 0 Å². The maximum atomic E-state index is 14.5. The Labute approximate surface area is 293 Å². The molecule has 0 aromatic heterocycles. The van der Waals surface area contributed by atoms with E-state index < -0.39 is 73.2 Å². The van der Waals surface area contributed by atoms with Gasteiger partial charge in [-0.25, -0.2) is 13.2 Å². The minimum atomic E-state index is -3.56. The predicted molar refractivity (Wildman–Crippen MR) is 188 cm³/mol. The average molecular weight is 708 g/mol. The van der Waals surface area contributed by atoms with Gasteiger partial charge in [-0.1, -0.05) is 73.6 Å². The summed E-state index contributed by atoms with van der Waals surface area (Å²) < 4.78 is 25.6. The minimum Gasteiger partial charge on any atom is -0.347 e. The van der Waals surface area contributed by atoms with Crippen LogP contribution >= 0.6 is 0 Å². The fourth-order valence-corrected chi connectivity index (χ4v) is 9.25. The SMILES string of the molecule is CCCC[C@@H](NC(=O)C1[C@@H]2[C@H](CN1C(=O)[C@@H](NC(=O)NC1(CS(=O)(=O)C(C)(C)C)CCCCC1)C(C)(C)C)C2(C)C)C(=O)C(=O)NC1CC1. The first-order valence-electron chi connectivity index (χ1n) is 18.3. The van der Waals surface area contributed by atoms with Crippen molar-refractivity contribution >= 4 is 39.4 Å². The van der Waals surface area contributed by atoms with Gasteiger partial charge >= 0.3 is 6.03 Å². The van der Waals surface area contributed by atoms with Crippen LogP contribution in [0.15, 0.2) is 0 Å². The highest BCUT2D eigenvalue weighted by Gasteiger charge is 2.70. The van der Waals surface area contributed by atoms with E-state index in [1.807, 2.05) is 27.7 Å². The van der Waals surface area contributed by atoms with Gasteiger partial charge in [0.15, 0.2) is 9.84 Å². The van der Waals surface area contributed by atoms with Gasteiger partial charge in [0.2, 0.25) is 17.6 Å². The number of amides is 5. The third-order valence-electron chi connectivity index (χ3n) is 11.4. The van der Waals surface area contributed by atoms with Crippen LogP contribution in [0.25, 0.3) is 0 Å². The Morgan fingerprint density at radius 2 is 1.53 bits per heavy atom. The standard InChI is InChI=1S/C36H61N5O7S/c1-10-11-15-24(27(42)30(44)37-22-16-17-22)38-29(43)26-25-23(35(25,8)9)20-41(26)31(45)28(33(2,3)4)39-32(46)40-36(18-13-12-14-19-36)21-49(47,48)34(5,6)7/h22-26,28H,10-21H2,1-9H3,(H,37,44)(H,38,43)(H2,39,40,46)/t23-,24+,25-,26?,28+/m0/s1. The van der Waals surface area contributed by atoms with Crippen molar-refractivity contribution in [3.63, 3.8) is 0 Å². The van der Waals surface area contributed by atoms with E-state index in [2.05, 4.69) is 35.1 Å². The molecule has 49 heavy (non-hydrogen) atoms. The third kappa shape index (κ3) is 8.79. The average Bonchev–Trinajstić information content (AvgIpc) is 3.83. The summed E-state index contributed by atoms with van der Waals surface area (Å²) in [4.78, 5) is 69.7. The number of nitrogens with one attached hydrogen (secondary N) is 4. The van der Waals surface area contributed by atoms with Crippen LogP contribution in [0, 0.1) is 22.7 Å². The molecule has 1 unspecified atom stereocenters. The zero-order valence-corrected chi connectivity index (χ0v) is 32.0. The number of rotatable bonds is 13. The van der Waals surface area contributed by atoms with E-state index in [0.29, 0.717) is 32.2 Å². The number of hydrogen-bond donors (Lipinski definition) is 4. The van der Waals surface area contributed by atoms with Crippen LogP contribution in [-0.4, -0.2) is 89.6 Å². The Bertz CT molecular complexity index is 1400. The van der Waals surface area contributed by atoms with Crippen molar-refractivity contribution in [3.05, 3.63) is 0 Å². The minimum absolute atomic E-state index is 0.00450. The lowest BCUT2D eigenvalue weighted by atomic mass is 9.83. The van der Waals surface area contributed by atoms with E-state index in [1.165, 1.54) is 4.90 Å². The second kappa shape index (κ2) is 14.1. The maximum Gasteiger partial charge on any atom is 0.315 e. The summed E-state index contributed by atoms with van der Waals surface area (Å²) in [5, 5.41) is 11.5. The lowest BCUT2D eigenvalue weighted by Crippen LogP contribution is -2.64. The van der Waals surface area contributed by atoms with E-state index in [1.54, 1.807) is 20.8 Å². The second-order valence-electron chi connectivity index (χ2n) is 17.8. The van der Waals surface area contributed by atoms with E-state index in [-0.39, 0.29) is 29.0 Å². The molecule has 0 aromatic carbocycles. The number of Topliss-reactive ketones (excluding diaryl/α,β-unsaturated/α-hetero) is 1. The van der Waals surface area contributed by atoms with Crippen molar-refractivity contribution in [1.29, 1.82) is 0 Å². The van der Waals surface area contributed by atoms with E-state index in [9.17, 15) is 32.4 Å². The molecule has 0 radical (unpaired) electrons. The van der Waals surface area contributed by atoms with Gasteiger partial charge in [0.25, 0.3) is 5.91 Å². The Morgan fingerprint density at radius 3 is 2.06 bits per heavy atom. The van der Waals surface area contributed by atoms with Gasteiger partial charge in [0, 0.05) is 12.6 Å². The molecule has 3 saturated carbocycles. The van der Waals surface area contributed by atoms with Crippen molar-refractivity contribution in [2.45, 2.75) is 161 Å². The molecule has 12 nitrogen and oxygen atoms in total. The zero-order chi connectivity index (χ0) is 36.7. The van der Waals surface area contributed by atoms with Crippen molar-refractivity contribution in [3.8, 4) is 0 Å². The number of ketones is 1. The molecule has 0 aromatic rings. The quantitative estimate of drug-likeness (QED) is 0.212. The van der Waals surface area contributed by atoms with Gasteiger partial charge in [0.05, 0.1) is 22.1 Å². The van der Waals surface area contributed by atoms with Crippen LogP contribution in [0.3, 0.4) is 0 Å². The highest BCUT2D eigenvalue weighted by Crippen LogP contribution is 2.65. The van der Waals surface area contributed by atoms with Gasteiger partial charge in [0.1, 0.15) is 12.1 Å². The highest BCUT2D eigenvalue weighted by molar-refractivity contribution is 7.92. The molecule has 13 heteroatoms. The van der Waals surface area contributed by atoms with E-state index in [4.69, 9.17) is 0 Å². The number of urea groups is 1. The fourth-order valence-electron chi connectivity index (χ4n) is 7.73. The lowest BCUT2D eigenvalue weighted by Gasteiger charge is -2.41. The summed E-state index contributed by atoms with van der Waals surface area (Å²) in [5.74, 6) is -2.50. The van der Waals surface area contributed by atoms with Crippen molar-refractivity contribution in [2.24, 2.45) is 22.7 Å². The van der Waals surface area contributed by atoms with Crippen LogP contribution in [-0.2, 0) is 29.0 Å². The highest BCUT2D eigenvalue weighted by atomic mass is 32.2. The largest absolute Gasteiger partial charge is 0.347 e. The van der Waals surface area contributed by atoms with Gasteiger partial charge in [-0.05, 0) is 75.5 Å². The van der Waals surface area contributed by atoms with E-state index >= 15 is 0 Å². The number of likely N-dealkylation sites (tertiary alicyclic amines) is 1. The first-order valence-corrected chi connectivity index (χ1v) is 20.0. The first-order chi connectivity index (χ1) is 22.5. The number of hydrogen-bond acceptors (Lipinski definition) is 7. The molecule has 1 saturated heterocycles. The monoisotopic (exact) mass is 707 g/mol. The molecule has 3 aliphatic carbocycles. The summed E-state index contributed by atoms with van der Waals surface area (Å²) in [7, 11) is -3.56. The number of fused-ring (bicyclic) bond motifs is 1. The molecule has 5 amide bonds. The molecular weight excluding hydrogens is 646 g/mol. The van der Waals surface area contributed by atoms with Crippen LogP contribution in [0.2, 0.25) is 0 Å². The van der Waals surface area contributed by atoms with Gasteiger partial charge < -0.3 is 26.2 Å². The van der Waals surface area contributed by atoms with Crippen molar-refractivity contribution < 1.29 is 32.4 Å². The van der Waals surface area contributed by atoms with Crippen molar-refractivity contribution in [2.75, 3.05) is 12.3 Å². The number of carbonyl (C=O) groups excluding carboxylic acids is 5. The molecule has 278 valence electrons. The van der Waals surface area contributed by atoms with Gasteiger partial charge in [-0.15, -0.1) is 0 Å². The smallest absolute Gasteiger partial charge is 0.315 e. The molecule has 4 N–H and O–H groups in total. The number of carbonyl (C=O) groups is 5. The molecule has 5 atom stereocenters. The second-order valence-corrected chi connectivity index (χ2v) is 20.6. The topological polar surface area (TPSA) is 171 Å². The van der Waals surface area contributed by atoms with Crippen LogP contribution in [0.4, 0.5) is 4.79 Å². The maximum absolute atomic E-state index is 14.5. The Balaban J connectivity index is 1.54. The molecule has 1 heterocycles. The first kappa shape index (κ1) is 39.1. The third-order valence-corrected chi connectivity index (χ3v) is 14.2. The van der Waals surface area contributed by atoms with Crippen LogP contribution in [0.1, 0.15) is 127 Å². The predicted octanol–water partition coefficient (Wildman–Crippen LogP) is 3.62. The van der Waals surface area contributed by atoms with E-state index in [0.717, 1.165) is 38.5 Å². The number of piperidine rings is 1. The lowest BCUT2D eigenvalue weighted by molar-refractivity contribution is -0.145. The van der Waals surface area contributed by atoms with Crippen molar-refractivity contribution in [1.82, 2.24) is 26.2 Å². The summed E-state index contributed by atoms with van der Waals surface area (Å²) >= 11 is 0. The summed E-state index contributed by atoms with van der Waals surface area (Å²) in [6.45, 7) is 16.9.